The van der Waals surface area contributed by atoms with E-state index in [1.165, 1.54) is 6.21 Å². The number of ether oxygens (including phenoxy) is 2. The third-order valence-electron chi connectivity index (χ3n) is 2.01. The molecular weight excluding hydrogens is 232 g/mol. The van der Waals surface area contributed by atoms with Crippen molar-refractivity contribution in [1.82, 2.24) is 5.43 Å². The van der Waals surface area contributed by atoms with Gasteiger partial charge in [0.25, 0.3) is 0 Å². The Kier molecular flexibility index (Phi) is 6.03. The molecule has 0 unspecified atom stereocenters. The quantitative estimate of drug-likeness (QED) is 0.643. The van der Waals surface area contributed by atoms with E-state index in [4.69, 9.17) is 4.74 Å². The standard InChI is InChI=1S/C13H16N2O3/c1-3-18-13(16)15-14-10-6-8-11-7-4-5-9-12(11)17-2/h4-10H,3H2,1-2H3,(H,15,16)/b8-6+,14-10+. The molecule has 1 amide bonds. The maximum Gasteiger partial charge on any atom is 0.427 e. The molecular formula is C13H16N2O3. The Morgan fingerprint density at radius 2 is 2.22 bits per heavy atom. The number of allylic oxidation sites excluding steroid dienone is 1. The van der Waals surface area contributed by atoms with Gasteiger partial charge in [-0.25, -0.2) is 10.2 Å². The van der Waals surface area contributed by atoms with Crippen molar-refractivity contribution in [1.29, 1.82) is 0 Å². The molecule has 96 valence electrons. The minimum Gasteiger partial charge on any atom is -0.496 e. The van der Waals surface area contributed by atoms with E-state index in [9.17, 15) is 4.79 Å². The lowest BCUT2D eigenvalue weighted by Gasteiger charge is -2.02. The molecule has 0 saturated carbocycles. The minimum atomic E-state index is -0.570. The molecule has 0 aliphatic rings. The first-order chi connectivity index (χ1) is 8.77. The van der Waals surface area contributed by atoms with Crippen molar-refractivity contribution in [2.24, 2.45) is 5.10 Å². The normalized spacial score (nSPS) is 10.8. The summed E-state index contributed by atoms with van der Waals surface area (Å²) in [6.07, 6.45) is 4.42. The van der Waals surface area contributed by atoms with E-state index in [2.05, 4.69) is 15.3 Å². The van der Waals surface area contributed by atoms with Gasteiger partial charge in [-0.1, -0.05) is 18.2 Å². The van der Waals surface area contributed by atoms with E-state index >= 15 is 0 Å². The van der Waals surface area contributed by atoms with Crippen molar-refractivity contribution in [3.05, 3.63) is 35.9 Å². The van der Waals surface area contributed by atoms with Crippen LogP contribution in [0.3, 0.4) is 0 Å². The average Bonchev–Trinajstić information content (AvgIpc) is 2.39. The van der Waals surface area contributed by atoms with Crippen LogP contribution in [0.25, 0.3) is 6.08 Å². The highest BCUT2D eigenvalue weighted by Crippen LogP contribution is 2.18. The van der Waals surface area contributed by atoms with Gasteiger partial charge in [0.2, 0.25) is 0 Å². The van der Waals surface area contributed by atoms with Crippen molar-refractivity contribution >= 4 is 18.4 Å². The fourth-order valence-corrected chi connectivity index (χ4v) is 1.25. The van der Waals surface area contributed by atoms with Gasteiger partial charge in [-0.2, -0.15) is 5.10 Å². The van der Waals surface area contributed by atoms with Crippen LogP contribution >= 0.6 is 0 Å². The molecule has 1 aromatic rings. The van der Waals surface area contributed by atoms with Crippen LogP contribution in [0.5, 0.6) is 5.75 Å². The second-order valence-corrected chi connectivity index (χ2v) is 3.21. The summed E-state index contributed by atoms with van der Waals surface area (Å²) in [4.78, 5) is 10.9. The van der Waals surface area contributed by atoms with Crippen molar-refractivity contribution in [3.63, 3.8) is 0 Å². The lowest BCUT2D eigenvalue weighted by atomic mass is 10.2. The second kappa shape index (κ2) is 7.89. The smallest absolute Gasteiger partial charge is 0.427 e. The van der Waals surface area contributed by atoms with Gasteiger partial charge >= 0.3 is 6.09 Å². The van der Waals surface area contributed by atoms with Gasteiger partial charge in [0, 0.05) is 11.8 Å². The van der Waals surface area contributed by atoms with Crippen LogP contribution in [-0.4, -0.2) is 26.0 Å². The van der Waals surface area contributed by atoms with Crippen molar-refractivity contribution in [2.45, 2.75) is 6.92 Å². The highest BCUT2D eigenvalue weighted by atomic mass is 16.5. The molecule has 0 heterocycles. The topological polar surface area (TPSA) is 59.9 Å². The molecule has 0 bridgehead atoms. The Labute approximate surface area is 106 Å². The predicted molar refractivity (Wildman–Crippen MR) is 70.7 cm³/mol. The van der Waals surface area contributed by atoms with Gasteiger partial charge in [0.15, 0.2) is 0 Å². The molecule has 1 aromatic carbocycles. The summed E-state index contributed by atoms with van der Waals surface area (Å²) >= 11 is 0. The Hall–Kier alpha value is -2.30. The molecule has 18 heavy (non-hydrogen) atoms. The lowest BCUT2D eigenvalue weighted by molar-refractivity contribution is 0.152. The molecule has 5 nitrogen and oxygen atoms in total. The van der Waals surface area contributed by atoms with Crippen molar-refractivity contribution < 1.29 is 14.3 Å². The first-order valence-corrected chi connectivity index (χ1v) is 5.53. The second-order valence-electron chi connectivity index (χ2n) is 3.21. The molecule has 0 aliphatic heterocycles. The van der Waals surface area contributed by atoms with Crippen LogP contribution in [0.15, 0.2) is 35.4 Å². The number of hydrazone groups is 1. The highest BCUT2D eigenvalue weighted by molar-refractivity contribution is 5.80. The molecule has 5 heteroatoms. The van der Waals surface area contributed by atoms with E-state index in [1.807, 2.05) is 30.3 Å². The summed E-state index contributed by atoms with van der Waals surface area (Å²) < 4.78 is 9.82. The number of para-hydroxylation sites is 1. The summed E-state index contributed by atoms with van der Waals surface area (Å²) in [6.45, 7) is 2.04. The van der Waals surface area contributed by atoms with Crippen LogP contribution < -0.4 is 10.2 Å². The Morgan fingerprint density at radius 3 is 2.94 bits per heavy atom. The van der Waals surface area contributed by atoms with Crippen LogP contribution in [0.4, 0.5) is 4.79 Å². The number of hydrogen-bond acceptors (Lipinski definition) is 4. The lowest BCUT2D eigenvalue weighted by Crippen LogP contribution is -2.18. The Bertz CT molecular complexity index is 442. The summed E-state index contributed by atoms with van der Waals surface area (Å²) in [5, 5.41) is 3.68. The Morgan fingerprint density at radius 1 is 1.44 bits per heavy atom. The van der Waals surface area contributed by atoms with Crippen LogP contribution in [0, 0.1) is 0 Å². The Balaban J connectivity index is 2.49. The molecule has 0 spiro atoms. The fourth-order valence-electron chi connectivity index (χ4n) is 1.25. The molecule has 0 saturated heterocycles. The largest absolute Gasteiger partial charge is 0.496 e. The average molecular weight is 248 g/mol. The summed E-state index contributed by atoms with van der Waals surface area (Å²) in [5.74, 6) is 0.778. The zero-order valence-corrected chi connectivity index (χ0v) is 10.4. The number of hydrogen-bond donors (Lipinski definition) is 1. The zero-order valence-electron chi connectivity index (χ0n) is 10.4. The number of amides is 1. The van der Waals surface area contributed by atoms with Crippen LogP contribution in [0.1, 0.15) is 12.5 Å². The molecule has 1 N–H and O–H groups in total. The maximum atomic E-state index is 10.9. The predicted octanol–water partition coefficient (Wildman–Crippen LogP) is 2.44. The van der Waals surface area contributed by atoms with E-state index in [0.29, 0.717) is 6.61 Å². The molecule has 1 rings (SSSR count). The number of carbonyl (C=O) groups is 1. The number of benzene rings is 1. The molecule has 0 aliphatic carbocycles. The van der Waals surface area contributed by atoms with E-state index < -0.39 is 6.09 Å². The van der Waals surface area contributed by atoms with Crippen LogP contribution in [0.2, 0.25) is 0 Å². The number of nitrogens with zero attached hydrogens (tertiary/aromatic N) is 1. The number of carbonyl (C=O) groups excluding carboxylic acids is 1. The monoisotopic (exact) mass is 248 g/mol. The van der Waals surface area contributed by atoms with Crippen LogP contribution in [-0.2, 0) is 4.74 Å². The number of rotatable bonds is 5. The molecule has 0 fully saturated rings. The maximum absolute atomic E-state index is 10.9. The minimum absolute atomic E-state index is 0.318. The van der Waals surface area contributed by atoms with Gasteiger partial charge in [-0.15, -0.1) is 0 Å². The number of nitrogens with one attached hydrogen (secondary N) is 1. The number of methoxy groups -OCH3 is 1. The van der Waals surface area contributed by atoms with Gasteiger partial charge in [-0.3, -0.25) is 0 Å². The van der Waals surface area contributed by atoms with Crippen molar-refractivity contribution in [2.75, 3.05) is 13.7 Å². The van der Waals surface area contributed by atoms with E-state index in [1.54, 1.807) is 20.1 Å². The molecule has 0 radical (unpaired) electrons. The van der Waals surface area contributed by atoms with E-state index in [0.717, 1.165) is 11.3 Å². The zero-order chi connectivity index (χ0) is 13.2. The molecule has 0 aromatic heterocycles. The van der Waals surface area contributed by atoms with Crippen molar-refractivity contribution in [3.8, 4) is 5.75 Å². The summed E-state index contributed by atoms with van der Waals surface area (Å²) in [6, 6.07) is 7.60. The summed E-state index contributed by atoms with van der Waals surface area (Å²) in [7, 11) is 1.61. The van der Waals surface area contributed by atoms with E-state index in [-0.39, 0.29) is 0 Å². The SMILES string of the molecule is CCOC(=O)N/N=C/C=C/c1ccccc1OC. The fraction of sp³-hybridized carbons (Fsp3) is 0.231. The first-order valence-electron chi connectivity index (χ1n) is 5.53. The van der Waals surface area contributed by atoms with Gasteiger partial charge in [-0.05, 0) is 25.1 Å². The van der Waals surface area contributed by atoms with Gasteiger partial charge in [0.05, 0.1) is 13.7 Å². The highest BCUT2D eigenvalue weighted by Gasteiger charge is 1.96. The van der Waals surface area contributed by atoms with Gasteiger partial charge < -0.3 is 9.47 Å². The van der Waals surface area contributed by atoms with Gasteiger partial charge in [0.1, 0.15) is 5.75 Å². The molecule has 0 atom stereocenters. The summed E-state index contributed by atoms with van der Waals surface area (Å²) in [5.41, 5.74) is 3.16. The third-order valence-corrected chi connectivity index (χ3v) is 2.01. The first kappa shape index (κ1) is 13.8. The third kappa shape index (κ3) is 4.69.